The van der Waals surface area contributed by atoms with E-state index in [9.17, 15) is 4.79 Å². The summed E-state index contributed by atoms with van der Waals surface area (Å²) in [4.78, 5) is 16.6. The Kier molecular flexibility index (Phi) is 6.21. The Morgan fingerprint density at radius 3 is 2.41 bits per heavy atom. The first kappa shape index (κ1) is 16.8. The van der Waals surface area contributed by atoms with Crippen molar-refractivity contribution in [1.29, 1.82) is 0 Å². The number of rotatable bonds is 6. The Balaban J connectivity index is 1.80. The summed E-state index contributed by atoms with van der Waals surface area (Å²) >= 11 is 0. The maximum absolute atomic E-state index is 11.9. The Labute approximate surface area is 133 Å². The van der Waals surface area contributed by atoms with E-state index in [0.29, 0.717) is 6.54 Å². The number of nitrogens with one attached hydrogen (secondary N) is 1. The average Bonchev–Trinajstić information content (AvgIpc) is 2.56. The van der Waals surface area contributed by atoms with Gasteiger partial charge in [0.05, 0.1) is 13.2 Å². The highest BCUT2D eigenvalue weighted by molar-refractivity contribution is 5.81. The molecule has 1 aliphatic heterocycles. The number of nitrogens with zero attached hydrogens (tertiary/aromatic N) is 2. The molecule has 5 nitrogen and oxygen atoms in total. The molecule has 2 rings (SSSR count). The maximum atomic E-state index is 11.9. The number of ether oxygens (including phenoxy) is 1. The van der Waals surface area contributed by atoms with E-state index in [4.69, 9.17) is 4.74 Å². The minimum Gasteiger partial charge on any atom is -0.497 e. The van der Waals surface area contributed by atoms with Crippen molar-refractivity contribution in [2.75, 3.05) is 39.8 Å². The molecular weight excluding hydrogens is 278 g/mol. The molecule has 122 valence electrons. The van der Waals surface area contributed by atoms with Crippen LogP contribution in [-0.4, -0.2) is 61.6 Å². The first-order valence-corrected chi connectivity index (χ1v) is 8.01. The molecule has 0 bridgehead atoms. The second-order valence-electron chi connectivity index (χ2n) is 5.73. The zero-order valence-corrected chi connectivity index (χ0v) is 13.8. The van der Waals surface area contributed by atoms with E-state index in [1.54, 1.807) is 7.11 Å². The minimum atomic E-state index is -0.0388. The van der Waals surface area contributed by atoms with E-state index >= 15 is 0 Å². The van der Waals surface area contributed by atoms with E-state index in [2.05, 4.69) is 27.2 Å². The van der Waals surface area contributed by atoms with Crippen molar-refractivity contribution in [3.05, 3.63) is 29.8 Å². The third-order valence-electron chi connectivity index (χ3n) is 4.25. The highest BCUT2D eigenvalue weighted by Crippen LogP contribution is 2.14. The molecular formula is C17H27N3O2. The monoisotopic (exact) mass is 305 g/mol. The molecule has 1 aromatic rings. The number of hydrogen-bond donors (Lipinski definition) is 1. The molecule has 0 saturated carbocycles. The van der Waals surface area contributed by atoms with Crippen LogP contribution >= 0.6 is 0 Å². The molecule has 1 aromatic carbocycles. The number of hydrogen-bond acceptors (Lipinski definition) is 4. The van der Waals surface area contributed by atoms with Crippen molar-refractivity contribution in [3.63, 3.8) is 0 Å². The number of carbonyl (C=O) groups excluding carboxylic acids is 1. The third-order valence-corrected chi connectivity index (χ3v) is 4.25. The molecule has 1 saturated heterocycles. The second-order valence-corrected chi connectivity index (χ2v) is 5.73. The summed E-state index contributed by atoms with van der Waals surface area (Å²) < 4.78 is 5.18. The largest absolute Gasteiger partial charge is 0.497 e. The van der Waals surface area contributed by atoms with Gasteiger partial charge in [-0.25, -0.2) is 0 Å². The van der Waals surface area contributed by atoms with Crippen molar-refractivity contribution in [1.82, 2.24) is 15.1 Å². The van der Waals surface area contributed by atoms with Crippen LogP contribution in [0.3, 0.4) is 0 Å². The van der Waals surface area contributed by atoms with Crippen LogP contribution in [0.15, 0.2) is 24.3 Å². The summed E-state index contributed by atoms with van der Waals surface area (Å²) in [7, 11) is 1.68. The summed E-state index contributed by atoms with van der Waals surface area (Å²) in [6.07, 6.45) is 0. The fourth-order valence-electron chi connectivity index (χ4n) is 2.79. The zero-order valence-electron chi connectivity index (χ0n) is 13.8. The molecule has 1 N–H and O–H groups in total. The summed E-state index contributed by atoms with van der Waals surface area (Å²) in [5.74, 6) is 1.02. The van der Waals surface area contributed by atoms with Gasteiger partial charge in [-0.3, -0.25) is 14.6 Å². The second kappa shape index (κ2) is 8.15. The van der Waals surface area contributed by atoms with E-state index < -0.39 is 0 Å². The summed E-state index contributed by atoms with van der Waals surface area (Å²) in [5, 5.41) is 2.90. The van der Waals surface area contributed by atoms with Gasteiger partial charge in [0.25, 0.3) is 0 Å². The highest BCUT2D eigenvalue weighted by Gasteiger charge is 2.25. The first-order valence-electron chi connectivity index (χ1n) is 8.01. The van der Waals surface area contributed by atoms with E-state index in [0.717, 1.165) is 38.5 Å². The number of piperazine rings is 1. The zero-order chi connectivity index (χ0) is 15.9. The maximum Gasteiger partial charge on any atom is 0.237 e. The quantitative estimate of drug-likeness (QED) is 0.861. The summed E-state index contributed by atoms with van der Waals surface area (Å²) in [5.41, 5.74) is 1.30. The fourth-order valence-corrected chi connectivity index (χ4v) is 2.79. The van der Waals surface area contributed by atoms with Crippen LogP contribution in [0.1, 0.15) is 19.4 Å². The van der Waals surface area contributed by atoms with Crippen molar-refractivity contribution in [2.45, 2.75) is 26.4 Å². The number of methoxy groups -OCH3 is 1. The van der Waals surface area contributed by atoms with Gasteiger partial charge >= 0.3 is 0 Å². The van der Waals surface area contributed by atoms with Gasteiger partial charge in [-0.1, -0.05) is 12.1 Å². The number of benzene rings is 1. The molecule has 22 heavy (non-hydrogen) atoms. The van der Waals surface area contributed by atoms with Crippen LogP contribution in [0.25, 0.3) is 0 Å². The van der Waals surface area contributed by atoms with Crippen molar-refractivity contribution < 1.29 is 9.53 Å². The van der Waals surface area contributed by atoms with Crippen LogP contribution in [-0.2, 0) is 11.3 Å². The first-order chi connectivity index (χ1) is 10.6. The Morgan fingerprint density at radius 2 is 1.86 bits per heavy atom. The van der Waals surface area contributed by atoms with E-state index in [1.165, 1.54) is 5.56 Å². The molecule has 0 aliphatic carbocycles. The number of amides is 1. The SMILES string of the molecule is CCNC(=O)[C@H](C)N1CCN(Cc2ccc(OC)cc2)CC1. The third kappa shape index (κ3) is 4.45. The molecule has 0 unspecified atom stereocenters. The van der Waals surface area contributed by atoms with Gasteiger partial charge in [0.2, 0.25) is 5.91 Å². The highest BCUT2D eigenvalue weighted by atomic mass is 16.5. The minimum absolute atomic E-state index is 0.0388. The smallest absolute Gasteiger partial charge is 0.237 e. The van der Waals surface area contributed by atoms with Crippen LogP contribution in [0.2, 0.25) is 0 Å². The summed E-state index contributed by atoms with van der Waals surface area (Å²) in [6.45, 7) is 9.46. The van der Waals surface area contributed by atoms with Gasteiger partial charge in [0.1, 0.15) is 5.75 Å². The van der Waals surface area contributed by atoms with Crippen molar-refractivity contribution >= 4 is 5.91 Å². The normalized spacial score (nSPS) is 18.0. The molecule has 5 heteroatoms. The molecule has 1 heterocycles. The molecule has 0 aromatic heterocycles. The van der Waals surface area contributed by atoms with Crippen molar-refractivity contribution in [2.24, 2.45) is 0 Å². The average molecular weight is 305 g/mol. The summed E-state index contributed by atoms with van der Waals surface area (Å²) in [6, 6.07) is 8.19. The Morgan fingerprint density at radius 1 is 1.23 bits per heavy atom. The number of carbonyl (C=O) groups is 1. The number of likely N-dealkylation sites (N-methyl/N-ethyl adjacent to an activating group) is 1. The lowest BCUT2D eigenvalue weighted by Crippen LogP contribution is -2.53. The van der Waals surface area contributed by atoms with Gasteiger partial charge in [-0.15, -0.1) is 0 Å². The lowest BCUT2D eigenvalue weighted by Gasteiger charge is -2.37. The van der Waals surface area contributed by atoms with E-state index in [-0.39, 0.29) is 11.9 Å². The van der Waals surface area contributed by atoms with Gasteiger partial charge in [0.15, 0.2) is 0 Å². The topological polar surface area (TPSA) is 44.8 Å². The van der Waals surface area contributed by atoms with Gasteiger partial charge < -0.3 is 10.1 Å². The molecule has 0 radical (unpaired) electrons. The molecule has 1 fully saturated rings. The predicted octanol–water partition coefficient (Wildman–Crippen LogP) is 1.34. The molecule has 1 aliphatic rings. The Bertz CT molecular complexity index is 467. The van der Waals surface area contributed by atoms with Gasteiger partial charge in [-0.05, 0) is 31.5 Å². The lowest BCUT2D eigenvalue weighted by atomic mass is 10.1. The van der Waals surface area contributed by atoms with Gasteiger partial charge in [-0.2, -0.15) is 0 Å². The van der Waals surface area contributed by atoms with Crippen LogP contribution in [0.4, 0.5) is 0 Å². The van der Waals surface area contributed by atoms with Crippen LogP contribution in [0.5, 0.6) is 5.75 Å². The van der Waals surface area contributed by atoms with Crippen molar-refractivity contribution in [3.8, 4) is 5.75 Å². The molecule has 1 atom stereocenters. The standard InChI is InChI=1S/C17H27N3O2/c1-4-18-17(21)14(2)20-11-9-19(10-12-20)13-15-5-7-16(22-3)8-6-15/h5-8,14H,4,9-13H2,1-3H3,(H,18,21)/t14-/m0/s1. The predicted molar refractivity (Wildman–Crippen MR) is 88.0 cm³/mol. The molecule has 0 spiro atoms. The van der Waals surface area contributed by atoms with Crippen LogP contribution < -0.4 is 10.1 Å². The lowest BCUT2D eigenvalue weighted by molar-refractivity contribution is -0.126. The molecule has 1 amide bonds. The van der Waals surface area contributed by atoms with Crippen LogP contribution in [0, 0.1) is 0 Å². The van der Waals surface area contributed by atoms with Gasteiger partial charge in [0, 0.05) is 39.3 Å². The fraction of sp³-hybridized carbons (Fsp3) is 0.588. The van der Waals surface area contributed by atoms with E-state index in [1.807, 2.05) is 26.0 Å². The Hall–Kier alpha value is -1.59.